The molecule has 2 N–H and O–H groups in total. The van der Waals surface area contributed by atoms with Crippen LogP contribution in [0.25, 0.3) is 0 Å². The second-order valence-electron chi connectivity index (χ2n) is 6.04. The lowest BCUT2D eigenvalue weighted by molar-refractivity contribution is 0.462. The van der Waals surface area contributed by atoms with Crippen LogP contribution in [0, 0.1) is 0 Å². The molecule has 0 spiro atoms. The number of pyridine rings is 1. The van der Waals surface area contributed by atoms with Gasteiger partial charge in [-0.1, -0.05) is 44.2 Å². The summed E-state index contributed by atoms with van der Waals surface area (Å²) in [6.45, 7) is 4.40. The molecule has 3 heteroatoms. The van der Waals surface area contributed by atoms with Crippen molar-refractivity contribution in [1.29, 1.82) is 0 Å². The molecule has 3 nitrogen and oxygen atoms in total. The van der Waals surface area contributed by atoms with Gasteiger partial charge in [-0.2, -0.15) is 0 Å². The van der Waals surface area contributed by atoms with Gasteiger partial charge >= 0.3 is 0 Å². The van der Waals surface area contributed by atoms with Gasteiger partial charge in [0.2, 0.25) is 5.88 Å². The molecule has 23 heavy (non-hydrogen) atoms. The van der Waals surface area contributed by atoms with Gasteiger partial charge in [-0.3, -0.25) is 0 Å². The molecule has 0 amide bonds. The summed E-state index contributed by atoms with van der Waals surface area (Å²) in [5.41, 5.74) is 8.91. The van der Waals surface area contributed by atoms with Crippen LogP contribution < -0.4 is 10.5 Å². The third-order valence-corrected chi connectivity index (χ3v) is 4.07. The van der Waals surface area contributed by atoms with Crippen LogP contribution >= 0.6 is 0 Å². The average Bonchev–Trinajstić information content (AvgIpc) is 2.57. The van der Waals surface area contributed by atoms with E-state index in [1.54, 1.807) is 6.20 Å². The van der Waals surface area contributed by atoms with Crippen molar-refractivity contribution in [2.75, 3.05) is 5.73 Å². The predicted molar refractivity (Wildman–Crippen MR) is 93.7 cm³/mol. The second kappa shape index (κ2) is 6.13. The maximum Gasteiger partial charge on any atom is 0.219 e. The summed E-state index contributed by atoms with van der Waals surface area (Å²) in [6.07, 6.45) is 1.72. The third kappa shape index (κ3) is 3.34. The second-order valence-corrected chi connectivity index (χ2v) is 6.04. The van der Waals surface area contributed by atoms with E-state index in [1.807, 2.05) is 42.5 Å². The van der Waals surface area contributed by atoms with E-state index in [9.17, 15) is 0 Å². The summed E-state index contributed by atoms with van der Waals surface area (Å²) < 4.78 is 5.74. The molecule has 1 heterocycles. The Morgan fingerprint density at radius 3 is 2.00 bits per heavy atom. The highest BCUT2D eigenvalue weighted by molar-refractivity contribution is 5.46. The molecule has 0 aliphatic rings. The number of anilines is 1. The monoisotopic (exact) mass is 304 g/mol. The Morgan fingerprint density at radius 1 is 0.826 bits per heavy atom. The molecule has 3 rings (SSSR count). The van der Waals surface area contributed by atoms with E-state index in [0.29, 0.717) is 5.88 Å². The van der Waals surface area contributed by atoms with Crippen molar-refractivity contribution in [3.63, 3.8) is 0 Å². The minimum atomic E-state index is -0.1000. The molecule has 0 unspecified atom stereocenters. The fourth-order valence-electron chi connectivity index (χ4n) is 2.53. The minimum Gasteiger partial charge on any atom is -0.439 e. The lowest BCUT2D eigenvalue weighted by Crippen LogP contribution is -2.18. The molecule has 2 aromatic carbocycles. The lowest BCUT2D eigenvalue weighted by atomic mass is 9.78. The van der Waals surface area contributed by atoms with Crippen molar-refractivity contribution >= 4 is 5.69 Å². The highest BCUT2D eigenvalue weighted by Crippen LogP contribution is 2.33. The van der Waals surface area contributed by atoms with E-state index in [-0.39, 0.29) is 5.41 Å². The molecule has 0 saturated carbocycles. The molecule has 116 valence electrons. The number of nitrogen functional groups attached to an aromatic ring is 1. The van der Waals surface area contributed by atoms with Gasteiger partial charge in [0.15, 0.2) is 0 Å². The van der Waals surface area contributed by atoms with Crippen molar-refractivity contribution in [1.82, 2.24) is 4.98 Å². The largest absolute Gasteiger partial charge is 0.439 e. The van der Waals surface area contributed by atoms with Crippen molar-refractivity contribution in [2.45, 2.75) is 19.3 Å². The summed E-state index contributed by atoms with van der Waals surface area (Å²) in [5, 5.41) is 0. The van der Waals surface area contributed by atoms with Gasteiger partial charge in [0.05, 0.1) is 0 Å². The van der Waals surface area contributed by atoms with Gasteiger partial charge in [-0.25, -0.2) is 4.98 Å². The van der Waals surface area contributed by atoms with Crippen LogP contribution in [-0.2, 0) is 5.41 Å². The molecule has 0 fully saturated rings. The van der Waals surface area contributed by atoms with Crippen molar-refractivity contribution in [3.8, 4) is 11.6 Å². The number of aromatic nitrogens is 1. The maximum absolute atomic E-state index is 5.78. The first-order valence-electron chi connectivity index (χ1n) is 7.61. The molecule has 0 aliphatic carbocycles. The van der Waals surface area contributed by atoms with E-state index < -0.39 is 0 Å². The van der Waals surface area contributed by atoms with Gasteiger partial charge in [0, 0.05) is 23.4 Å². The Morgan fingerprint density at radius 2 is 1.43 bits per heavy atom. The Balaban J connectivity index is 1.82. The minimum absolute atomic E-state index is 0.1000. The fourth-order valence-corrected chi connectivity index (χ4v) is 2.53. The first-order chi connectivity index (χ1) is 11.1. The molecular weight excluding hydrogens is 284 g/mol. The zero-order valence-electron chi connectivity index (χ0n) is 13.4. The van der Waals surface area contributed by atoms with E-state index in [2.05, 4.69) is 43.1 Å². The van der Waals surface area contributed by atoms with Crippen LogP contribution in [-0.4, -0.2) is 4.98 Å². The number of rotatable bonds is 4. The average molecular weight is 304 g/mol. The quantitative estimate of drug-likeness (QED) is 0.705. The van der Waals surface area contributed by atoms with Crippen molar-refractivity contribution in [3.05, 3.63) is 84.1 Å². The van der Waals surface area contributed by atoms with Gasteiger partial charge < -0.3 is 10.5 Å². The van der Waals surface area contributed by atoms with Gasteiger partial charge in [-0.05, 0) is 41.5 Å². The van der Waals surface area contributed by atoms with Crippen LogP contribution in [0.3, 0.4) is 0 Å². The maximum atomic E-state index is 5.78. The van der Waals surface area contributed by atoms with Crippen LogP contribution in [0.1, 0.15) is 25.0 Å². The van der Waals surface area contributed by atoms with E-state index >= 15 is 0 Å². The van der Waals surface area contributed by atoms with E-state index in [1.165, 1.54) is 11.1 Å². The van der Waals surface area contributed by atoms with Gasteiger partial charge in [0.25, 0.3) is 0 Å². The third-order valence-electron chi connectivity index (χ3n) is 4.07. The first kappa shape index (κ1) is 15.1. The van der Waals surface area contributed by atoms with Gasteiger partial charge in [-0.15, -0.1) is 0 Å². The van der Waals surface area contributed by atoms with Crippen molar-refractivity contribution < 1.29 is 4.74 Å². The van der Waals surface area contributed by atoms with Crippen LogP contribution in [0.2, 0.25) is 0 Å². The Hall–Kier alpha value is -2.81. The highest BCUT2D eigenvalue weighted by atomic mass is 16.5. The summed E-state index contributed by atoms with van der Waals surface area (Å²) >= 11 is 0. The van der Waals surface area contributed by atoms with Crippen LogP contribution in [0.5, 0.6) is 11.6 Å². The molecule has 1 aromatic heterocycles. The number of nitrogens with zero attached hydrogens (tertiary/aromatic N) is 1. The zero-order chi connectivity index (χ0) is 16.3. The number of hydrogen-bond acceptors (Lipinski definition) is 3. The fraction of sp³-hybridized carbons (Fsp3) is 0.150. The van der Waals surface area contributed by atoms with Crippen LogP contribution in [0.4, 0.5) is 5.69 Å². The Kier molecular flexibility index (Phi) is 4.02. The number of ether oxygens (including phenoxy) is 1. The van der Waals surface area contributed by atoms with Crippen molar-refractivity contribution in [2.24, 2.45) is 0 Å². The summed E-state index contributed by atoms with van der Waals surface area (Å²) in [4.78, 5) is 4.17. The predicted octanol–water partition coefficient (Wildman–Crippen LogP) is 4.78. The molecule has 0 bridgehead atoms. The summed E-state index contributed by atoms with van der Waals surface area (Å²) in [6, 6.07) is 21.8. The standard InChI is InChI=1S/C20H20N2O/c1-20(2,15-6-10-17(21)11-7-15)16-8-12-18(13-9-16)23-19-5-3-4-14-22-19/h3-14H,21H2,1-2H3. The number of hydrogen-bond donors (Lipinski definition) is 1. The molecule has 0 radical (unpaired) electrons. The smallest absolute Gasteiger partial charge is 0.219 e. The number of nitrogens with two attached hydrogens (primary N) is 1. The first-order valence-corrected chi connectivity index (χ1v) is 7.61. The van der Waals surface area contributed by atoms with E-state index in [0.717, 1.165) is 11.4 Å². The van der Waals surface area contributed by atoms with Gasteiger partial charge in [0.1, 0.15) is 5.75 Å². The Bertz CT molecular complexity index is 763. The van der Waals surface area contributed by atoms with E-state index in [4.69, 9.17) is 10.5 Å². The Labute approximate surface area is 136 Å². The molecule has 0 saturated heterocycles. The van der Waals surface area contributed by atoms with Crippen LogP contribution in [0.15, 0.2) is 72.9 Å². The molecule has 3 aromatic rings. The summed E-state index contributed by atoms with van der Waals surface area (Å²) in [5.74, 6) is 1.37. The topological polar surface area (TPSA) is 48.1 Å². The zero-order valence-corrected chi connectivity index (χ0v) is 13.4. The number of benzene rings is 2. The lowest BCUT2D eigenvalue weighted by Gasteiger charge is -2.26. The SMILES string of the molecule is CC(C)(c1ccc(N)cc1)c1ccc(Oc2ccccn2)cc1. The highest BCUT2D eigenvalue weighted by Gasteiger charge is 2.22. The molecule has 0 aliphatic heterocycles. The molecule has 0 atom stereocenters. The summed E-state index contributed by atoms with van der Waals surface area (Å²) in [7, 11) is 0. The molecular formula is C20H20N2O. The normalized spacial score (nSPS) is 11.2.